The van der Waals surface area contributed by atoms with Gasteiger partial charge in [-0.05, 0) is 23.5 Å². The number of halogens is 1. The van der Waals surface area contributed by atoms with Gasteiger partial charge in [0.25, 0.3) is 0 Å². The van der Waals surface area contributed by atoms with Gasteiger partial charge in [-0.15, -0.1) is 0 Å². The van der Waals surface area contributed by atoms with E-state index in [4.69, 9.17) is 0 Å². The first-order valence-corrected chi connectivity index (χ1v) is 5.95. The molecule has 0 amide bonds. The second-order valence-corrected chi connectivity index (χ2v) is 4.03. The van der Waals surface area contributed by atoms with Gasteiger partial charge >= 0.3 is 0 Å². The highest BCUT2D eigenvalue weighted by Gasteiger charge is 2.01. The molecule has 1 heteroatoms. The van der Waals surface area contributed by atoms with Gasteiger partial charge in [0.2, 0.25) is 0 Å². The Labute approximate surface area is 88.5 Å². The van der Waals surface area contributed by atoms with Gasteiger partial charge in [0.1, 0.15) is 0 Å². The first-order valence-electron chi connectivity index (χ1n) is 4.42. The Bertz CT molecular complexity index is 225. The minimum Gasteiger partial charge on any atom is -0.0857 e. The molecule has 0 nitrogen and oxygen atoms in total. The Kier molecular flexibility index (Phi) is 4.06. The van der Waals surface area contributed by atoms with Crippen molar-refractivity contribution in [3.05, 3.63) is 35.4 Å². The lowest BCUT2D eigenvalue weighted by molar-refractivity contribution is 0.893. The van der Waals surface area contributed by atoms with Crippen LogP contribution in [0.3, 0.4) is 0 Å². The summed E-state index contributed by atoms with van der Waals surface area (Å²) >= 11 is 2.43. The van der Waals surface area contributed by atoms with Gasteiger partial charge < -0.3 is 0 Å². The van der Waals surface area contributed by atoms with Crippen molar-refractivity contribution in [1.82, 2.24) is 0 Å². The smallest absolute Gasteiger partial charge is 0.00616 e. The highest BCUT2D eigenvalue weighted by Crippen LogP contribution is 2.17. The zero-order chi connectivity index (χ0) is 8.97. The van der Waals surface area contributed by atoms with Gasteiger partial charge in [-0.2, -0.15) is 0 Å². The van der Waals surface area contributed by atoms with Gasteiger partial charge in [0.05, 0.1) is 0 Å². The molecule has 12 heavy (non-hydrogen) atoms. The number of aryl methyl sites for hydroxylation is 1. The number of alkyl halides is 1. The second kappa shape index (κ2) is 4.85. The third-order valence-corrected chi connectivity index (χ3v) is 3.51. The summed E-state index contributed by atoms with van der Waals surface area (Å²) in [5.74, 6) is 0.691. The van der Waals surface area contributed by atoms with E-state index in [1.54, 1.807) is 0 Å². The van der Waals surface area contributed by atoms with Gasteiger partial charge in [0.15, 0.2) is 0 Å². The van der Waals surface area contributed by atoms with Crippen LogP contribution in [-0.2, 0) is 6.42 Å². The standard InChI is InChI=1S/C11H15I/c1-3-10-4-6-11(7-5-10)9(2)8-12/h4-7,9H,3,8H2,1-2H3. The van der Waals surface area contributed by atoms with E-state index < -0.39 is 0 Å². The number of benzene rings is 1. The third-order valence-electron chi connectivity index (χ3n) is 2.19. The first kappa shape index (κ1) is 10.0. The summed E-state index contributed by atoms with van der Waals surface area (Å²) in [7, 11) is 0. The van der Waals surface area contributed by atoms with Crippen LogP contribution in [0.5, 0.6) is 0 Å². The van der Waals surface area contributed by atoms with Crippen molar-refractivity contribution in [2.45, 2.75) is 26.2 Å². The van der Waals surface area contributed by atoms with E-state index in [0.717, 1.165) is 6.42 Å². The SMILES string of the molecule is CCc1ccc(C(C)CI)cc1. The van der Waals surface area contributed by atoms with Crippen LogP contribution >= 0.6 is 22.6 Å². The first-order chi connectivity index (χ1) is 5.77. The van der Waals surface area contributed by atoms with Crippen molar-refractivity contribution in [3.63, 3.8) is 0 Å². The summed E-state index contributed by atoms with van der Waals surface area (Å²) in [6, 6.07) is 8.97. The fraction of sp³-hybridized carbons (Fsp3) is 0.455. The highest BCUT2D eigenvalue weighted by atomic mass is 127. The molecule has 0 saturated carbocycles. The van der Waals surface area contributed by atoms with Gasteiger partial charge in [-0.25, -0.2) is 0 Å². The minimum atomic E-state index is 0.691. The average molecular weight is 274 g/mol. The lowest BCUT2D eigenvalue weighted by Crippen LogP contribution is -1.93. The van der Waals surface area contributed by atoms with E-state index >= 15 is 0 Å². The molecule has 0 N–H and O–H groups in total. The molecule has 1 aromatic carbocycles. The van der Waals surface area contributed by atoms with Crippen molar-refractivity contribution >= 4 is 22.6 Å². The van der Waals surface area contributed by atoms with Crippen molar-refractivity contribution in [2.75, 3.05) is 4.43 Å². The van der Waals surface area contributed by atoms with Crippen molar-refractivity contribution in [2.24, 2.45) is 0 Å². The molecular weight excluding hydrogens is 259 g/mol. The summed E-state index contributed by atoms with van der Waals surface area (Å²) in [6.45, 7) is 4.46. The molecule has 0 aliphatic heterocycles. The van der Waals surface area contributed by atoms with Gasteiger partial charge in [-0.1, -0.05) is 60.7 Å². The maximum Gasteiger partial charge on any atom is 0.00616 e. The van der Waals surface area contributed by atoms with Gasteiger partial charge in [0, 0.05) is 4.43 Å². The molecule has 0 bridgehead atoms. The van der Waals surface area contributed by atoms with E-state index in [1.165, 1.54) is 15.6 Å². The largest absolute Gasteiger partial charge is 0.0857 e. The summed E-state index contributed by atoms with van der Waals surface area (Å²) in [5, 5.41) is 0. The molecule has 0 aliphatic rings. The van der Waals surface area contributed by atoms with Crippen molar-refractivity contribution in [1.29, 1.82) is 0 Å². The normalized spacial score (nSPS) is 12.9. The Balaban J connectivity index is 2.77. The molecule has 1 unspecified atom stereocenters. The summed E-state index contributed by atoms with van der Waals surface area (Å²) < 4.78 is 1.20. The number of hydrogen-bond donors (Lipinski definition) is 0. The van der Waals surface area contributed by atoms with E-state index in [9.17, 15) is 0 Å². The van der Waals surface area contributed by atoms with E-state index in [2.05, 4.69) is 60.7 Å². The van der Waals surface area contributed by atoms with Crippen LogP contribution in [-0.4, -0.2) is 4.43 Å². The molecule has 1 rings (SSSR count). The fourth-order valence-corrected chi connectivity index (χ4v) is 1.68. The highest BCUT2D eigenvalue weighted by molar-refractivity contribution is 14.1. The lowest BCUT2D eigenvalue weighted by Gasteiger charge is -2.07. The summed E-state index contributed by atoms with van der Waals surface area (Å²) in [6.07, 6.45) is 1.14. The molecule has 0 saturated heterocycles. The molecule has 0 aromatic heterocycles. The monoisotopic (exact) mass is 274 g/mol. The maximum atomic E-state index is 2.43. The average Bonchev–Trinajstić information content (AvgIpc) is 2.17. The van der Waals surface area contributed by atoms with Crippen LogP contribution in [0.2, 0.25) is 0 Å². The molecule has 1 atom stereocenters. The molecule has 0 heterocycles. The predicted molar refractivity (Wildman–Crippen MR) is 63.1 cm³/mol. The molecule has 0 radical (unpaired) electrons. The van der Waals surface area contributed by atoms with Crippen LogP contribution < -0.4 is 0 Å². The Morgan fingerprint density at radius 1 is 1.25 bits per heavy atom. The third kappa shape index (κ3) is 2.47. The minimum absolute atomic E-state index is 0.691. The van der Waals surface area contributed by atoms with Crippen LogP contribution in [0.4, 0.5) is 0 Å². The molecule has 1 aromatic rings. The van der Waals surface area contributed by atoms with E-state index in [-0.39, 0.29) is 0 Å². The fourth-order valence-electron chi connectivity index (χ4n) is 1.17. The Hall–Kier alpha value is -0.0500. The molecule has 0 fully saturated rings. The predicted octanol–water partition coefficient (Wildman–Crippen LogP) is 3.79. The summed E-state index contributed by atoms with van der Waals surface area (Å²) in [4.78, 5) is 0. The zero-order valence-corrected chi connectivity index (χ0v) is 9.84. The van der Waals surface area contributed by atoms with Crippen molar-refractivity contribution < 1.29 is 0 Å². The molecule has 0 spiro atoms. The summed E-state index contributed by atoms with van der Waals surface area (Å²) in [5.41, 5.74) is 2.89. The van der Waals surface area contributed by atoms with Crippen LogP contribution in [0.15, 0.2) is 24.3 Å². The van der Waals surface area contributed by atoms with Crippen molar-refractivity contribution in [3.8, 4) is 0 Å². The lowest BCUT2D eigenvalue weighted by atomic mass is 10.0. The quantitative estimate of drug-likeness (QED) is 0.581. The number of rotatable bonds is 3. The van der Waals surface area contributed by atoms with E-state index in [0.29, 0.717) is 5.92 Å². The Morgan fingerprint density at radius 3 is 2.25 bits per heavy atom. The Morgan fingerprint density at radius 2 is 1.83 bits per heavy atom. The van der Waals surface area contributed by atoms with Crippen LogP contribution in [0.25, 0.3) is 0 Å². The zero-order valence-electron chi connectivity index (χ0n) is 7.68. The topological polar surface area (TPSA) is 0 Å². The van der Waals surface area contributed by atoms with E-state index in [1.807, 2.05) is 0 Å². The van der Waals surface area contributed by atoms with Crippen LogP contribution in [0, 0.1) is 0 Å². The second-order valence-electron chi connectivity index (χ2n) is 3.15. The van der Waals surface area contributed by atoms with Crippen LogP contribution in [0.1, 0.15) is 30.9 Å². The van der Waals surface area contributed by atoms with Gasteiger partial charge in [-0.3, -0.25) is 0 Å². The number of hydrogen-bond acceptors (Lipinski definition) is 0. The molecule has 66 valence electrons. The maximum absolute atomic E-state index is 2.43. The molecular formula is C11H15I. The molecule has 0 aliphatic carbocycles.